The third-order valence-electron chi connectivity index (χ3n) is 4.44. The Balaban J connectivity index is 2.11. The van der Waals surface area contributed by atoms with E-state index in [-0.39, 0.29) is 0 Å². The zero-order valence-electron chi connectivity index (χ0n) is 13.3. The molecule has 2 nitrogen and oxygen atoms in total. The topological polar surface area (TPSA) is 26.3 Å². The molecule has 4 rings (SSSR count). The van der Waals surface area contributed by atoms with Gasteiger partial charge in [0.1, 0.15) is 5.75 Å². The fraction of sp³-hybridized carbons (Fsp3) is 0.0455. The summed E-state index contributed by atoms with van der Waals surface area (Å²) in [4.78, 5) is 11.6. The van der Waals surface area contributed by atoms with E-state index in [1.807, 2.05) is 30.3 Å². The number of benzene rings is 4. The van der Waals surface area contributed by atoms with Crippen molar-refractivity contribution < 1.29 is 9.53 Å². The second kappa shape index (κ2) is 5.82. The maximum Gasteiger partial charge on any atom is 0.150 e. The molecule has 0 spiro atoms. The average Bonchev–Trinajstić information content (AvgIpc) is 2.67. The molecule has 0 aliphatic heterocycles. The number of carbonyl (C=O) groups is 1. The minimum atomic E-state index is 0.634. The van der Waals surface area contributed by atoms with Crippen molar-refractivity contribution in [2.45, 2.75) is 0 Å². The Morgan fingerprint density at radius 2 is 1.46 bits per heavy atom. The standard InChI is InChI=1S/C22H16O2/c1-24-17-10-11-19(16(12-17)14-23)22-13-15-6-2-3-7-18(15)20-8-4-5-9-21(20)22/h2-14H,1H3. The number of carbonyl (C=O) groups excluding carboxylic acids is 1. The lowest BCUT2D eigenvalue weighted by atomic mass is 9.91. The van der Waals surface area contributed by atoms with Crippen LogP contribution < -0.4 is 4.74 Å². The Hall–Kier alpha value is -3.13. The van der Waals surface area contributed by atoms with E-state index in [0.29, 0.717) is 11.3 Å². The van der Waals surface area contributed by atoms with Gasteiger partial charge in [-0.05, 0) is 56.9 Å². The fourth-order valence-electron chi connectivity index (χ4n) is 3.29. The van der Waals surface area contributed by atoms with Crippen molar-refractivity contribution in [2.24, 2.45) is 0 Å². The van der Waals surface area contributed by atoms with Gasteiger partial charge in [0.25, 0.3) is 0 Å². The highest BCUT2D eigenvalue weighted by molar-refractivity contribution is 6.14. The van der Waals surface area contributed by atoms with Gasteiger partial charge in [0.2, 0.25) is 0 Å². The lowest BCUT2D eigenvalue weighted by Crippen LogP contribution is -1.92. The Bertz CT molecular complexity index is 1060. The third-order valence-corrected chi connectivity index (χ3v) is 4.44. The van der Waals surface area contributed by atoms with Crippen molar-refractivity contribution in [3.63, 3.8) is 0 Å². The highest BCUT2D eigenvalue weighted by Crippen LogP contribution is 2.36. The molecule has 0 saturated carbocycles. The zero-order valence-corrected chi connectivity index (χ0v) is 13.3. The van der Waals surface area contributed by atoms with Gasteiger partial charge in [0.15, 0.2) is 6.29 Å². The van der Waals surface area contributed by atoms with Gasteiger partial charge < -0.3 is 4.74 Å². The van der Waals surface area contributed by atoms with Crippen molar-refractivity contribution in [2.75, 3.05) is 7.11 Å². The van der Waals surface area contributed by atoms with Gasteiger partial charge in [-0.3, -0.25) is 4.79 Å². The van der Waals surface area contributed by atoms with Crippen LogP contribution in [0.25, 0.3) is 32.7 Å². The van der Waals surface area contributed by atoms with Gasteiger partial charge in [-0.25, -0.2) is 0 Å². The first kappa shape index (κ1) is 14.5. The fourth-order valence-corrected chi connectivity index (χ4v) is 3.29. The predicted molar refractivity (Wildman–Crippen MR) is 98.8 cm³/mol. The molecular weight excluding hydrogens is 296 g/mol. The first-order valence-corrected chi connectivity index (χ1v) is 7.86. The number of methoxy groups -OCH3 is 1. The van der Waals surface area contributed by atoms with Crippen LogP contribution in [0, 0.1) is 0 Å². The van der Waals surface area contributed by atoms with Crippen LogP contribution >= 0.6 is 0 Å². The van der Waals surface area contributed by atoms with E-state index in [9.17, 15) is 4.79 Å². The zero-order chi connectivity index (χ0) is 16.5. The molecule has 0 heterocycles. The minimum Gasteiger partial charge on any atom is -0.497 e. The third kappa shape index (κ3) is 2.24. The van der Waals surface area contributed by atoms with Gasteiger partial charge in [-0.2, -0.15) is 0 Å². The highest BCUT2D eigenvalue weighted by atomic mass is 16.5. The van der Waals surface area contributed by atoms with E-state index < -0.39 is 0 Å². The largest absolute Gasteiger partial charge is 0.497 e. The summed E-state index contributed by atoms with van der Waals surface area (Å²) in [5.74, 6) is 0.686. The SMILES string of the molecule is COc1ccc(-c2cc3ccccc3c3ccccc23)c(C=O)c1. The molecule has 0 bridgehead atoms. The lowest BCUT2D eigenvalue weighted by molar-refractivity contribution is 0.112. The summed E-state index contributed by atoms with van der Waals surface area (Å²) < 4.78 is 5.25. The van der Waals surface area contributed by atoms with Crippen LogP contribution in [0.15, 0.2) is 72.8 Å². The van der Waals surface area contributed by atoms with Crippen LogP contribution in [0.3, 0.4) is 0 Å². The summed E-state index contributed by atoms with van der Waals surface area (Å²) in [7, 11) is 1.61. The van der Waals surface area contributed by atoms with E-state index in [4.69, 9.17) is 4.74 Å². The van der Waals surface area contributed by atoms with E-state index in [2.05, 4.69) is 36.4 Å². The van der Waals surface area contributed by atoms with Gasteiger partial charge in [0.05, 0.1) is 7.11 Å². The predicted octanol–water partition coefficient (Wildman–Crippen LogP) is 5.48. The normalized spacial score (nSPS) is 10.9. The smallest absolute Gasteiger partial charge is 0.150 e. The van der Waals surface area contributed by atoms with Crippen molar-refractivity contribution in [3.05, 3.63) is 78.4 Å². The molecule has 0 radical (unpaired) electrons. The van der Waals surface area contributed by atoms with Crippen LogP contribution in [0.2, 0.25) is 0 Å². The Labute approximate surface area is 140 Å². The molecule has 4 aromatic rings. The Morgan fingerprint density at radius 1 is 0.750 bits per heavy atom. The number of rotatable bonds is 3. The van der Waals surface area contributed by atoms with Crippen LogP contribution in [-0.2, 0) is 0 Å². The number of ether oxygens (including phenoxy) is 1. The van der Waals surface area contributed by atoms with Crippen molar-refractivity contribution in [3.8, 4) is 16.9 Å². The highest BCUT2D eigenvalue weighted by Gasteiger charge is 2.12. The Morgan fingerprint density at radius 3 is 2.21 bits per heavy atom. The van der Waals surface area contributed by atoms with Gasteiger partial charge >= 0.3 is 0 Å². The Kier molecular flexibility index (Phi) is 3.51. The summed E-state index contributed by atoms with van der Waals surface area (Å²) in [6.45, 7) is 0. The first-order valence-electron chi connectivity index (χ1n) is 7.86. The summed E-state index contributed by atoms with van der Waals surface area (Å²) in [6.07, 6.45) is 0.891. The molecule has 0 amide bonds. The van der Waals surface area contributed by atoms with Crippen LogP contribution in [0.1, 0.15) is 10.4 Å². The van der Waals surface area contributed by atoms with Gasteiger partial charge in [0, 0.05) is 5.56 Å². The number of hydrogen-bond donors (Lipinski definition) is 0. The summed E-state index contributed by atoms with van der Waals surface area (Å²) in [5, 5.41) is 4.72. The molecule has 24 heavy (non-hydrogen) atoms. The molecule has 0 unspecified atom stereocenters. The summed E-state index contributed by atoms with van der Waals surface area (Å²) in [5.41, 5.74) is 2.62. The van der Waals surface area contributed by atoms with E-state index in [0.717, 1.165) is 22.8 Å². The molecule has 0 aliphatic carbocycles. The number of fused-ring (bicyclic) bond motifs is 3. The molecule has 0 aromatic heterocycles. The quantitative estimate of drug-likeness (QED) is 0.370. The molecule has 2 heteroatoms. The van der Waals surface area contributed by atoms with Crippen LogP contribution in [-0.4, -0.2) is 13.4 Å². The van der Waals surface area contributed by atoms with Crippen LogP contribution in [0.4, 0.5) is 0 Å². The van der Waals surface area contributed by atoms with E-state index >= 15 is 0 Å². The van der Waals surface area contributed by atoms with Crippen molar-refractivity contribution in [1.29, 1.82) is 0 Å². The lowest BCUT2D eigenvalue weighted by Gasteiger charge is -2.13. The molecular formula is C22H16O2. The average molecular weight is 312 g/mol. The van der Waals surface area contributed by atoms with Gasteiger partial charge in [-0.15, -0.1) is 0 Å². The van der Waals surface area contributed by atoms with Crippen LogP contribution in [0.5, 0.6) is 5.75 Å². The number of hydrogen-bond acceptors (Lipinski definition) is 2. The molecule has 0 atom stereocenters. The number of aldehydes is 1. The minimum absolute atomic E-state index is 0.634. The molecule has 0 N–H and O–H groups in total. The molecule has 0 saturated heterocycles. The molecule has 0 fully saturated rings. The molecule has 0 aliphatic rings. The summed E-state index contributed by atoms with van der Waals surface area (Å²) >= 11 is 0. The molecule has 116 valence electrons. The first-order chi connectivity index (χ1) is 11.8. The summed E-state index contributed by atoms with van der Waals surface area (Å²) in [6, 6.07) is 24.4. The van der Waals surface area contributed by atoms with Crippen molar-refractivity contribution in [1.82, 2.24) is 0 Å². The maximum atomic E-state index is 11.6. The monoisotopic (exact) mass is 312 g/mol. The second-order valence-electron chi connectivity index (χ2n) is 5.76. The maximum absolute atomic E-state index is 11.6. The van der Waals surface area contributed by atoms with E-state index in [1.54, 1.807) is 13.2 Å². The van der Waals surface area contributed by atoms with Crippen molar-refractivity contribution >= 4 is 27.8 Å². The second-order valence-corrected chi connectivity index (χ2v) is 5.76. The molecule has 4 aromatic carbocycles. The van der Waals surface area contributed by atoms with E-state index in [1.165, 1.54) is 16.2 Å². The van der Waals surface area contributed by atoms with Gasteiger partial charge in [-0.1, -0.05) is 48.5 Å².